The highest BCUT2D eigenvalue weighted by atomic mass is 16.6. The van der Waals surface area contributed by atoms with Crippen molar-refractivity contribution in [2.75, 3.05) is 13.1 Å². The smallest absolute Gasteiger partial charge is 0.410 e. The summed E-state index contributed by atoms with van der Waals surface area (Å²) in [4.78, 5) is 25.9. The molecule has 6 heteroatoms. The highest BCUT2D eigenvalue weighted by Gasteiger charge is 2.34. The van der Waals surface area contributed by atoms with Gasteiger partial charge >= 0.3 is 6.09 Å². The van der Waals surface area contributed by atoms with Gasteiger partial charge in [0.2, 0.25) is 5.91 Å². The molecule has 1 aromatic carbocycles. The van der Waals surface area contributed by atoms with E-state index < -0.39 is 0 Å². The molecule has 2 aliphatic rings. The maximum atomic E-state index is 12.2. The lowest BCUT2D eigenvalue weighted by atomic mass is 9.80. The standard InChI is InChI=1S/C18H23N3O3/c1-13-11-16(17(22)20-19-13)15-7-9-21(10-8-15)18(23)24-12-14-5-3-2-4-6-14/h2-6,15-16H,7-12H2,1H3,(H,20,22). The molecule has 128 valence electrons. The quantitative estimate of drug-likeness (QED) is 0.926. The molecule has 0 radical (unpaired) electrons. The minimum Gasteiger partial charge on any atom is -0.445 e. The molecule has 1 saturated heterocycles. The molecular formula is C18H23N3O3. The van der Waals surface area contributed by atoms with Crippen LogP contribution in [-0.2, 0) is 16.1 Å². The fraction of sp³-hybridized carbons (Fsp3) is 0.500. The van der Waals surface area contributed by atoms with Crippen molar-refractivity contribution in [3.05, 3.63) is 35.9 Å². The van der Waals surface area contributed by atoms with Crippen LogP contribution in [0.1, 0.15) is 31.7 Å². The van der Waals surface area contributed by atoms with Crippen LogP contribution in [0.15, 0.2) is 35.4 Å². The van der Waals surface area contributed by atoms with Gasteiger partial charge in [0.15, 0.2) is 0 Å². The van der Waals surface area contributed by atoms with Crippen LogP contribution in [0.25, 0.3) is 0 Å². The van der Waals surface area contributed by atoms with Crippen molar-refractivity contribution in [3.8, 4) is 0 Å². The summed E-state index contributed by atoms with van der Waals surface area (Å²) < 4.78 is 5.38. The number of nitrogens with one attached hydrogen (secondary N) is 1. The van der Waals surface area contributed by atoms with E-state index in [1.165, 1.54) is 0 Å². The number of hydrogen-bond donors (Lipinski definition) is 1. The Balaban J connectivity index is 1.47. The molecule has 0 aliphatic carbocycles. The summed E-state index contributed by atoms with van der Waals surface area (Å²) in [5.41, 5.74) is 4.54. The number of benzene rings is 1. The normalized spacial score (nSPS) is 21.9. The van der Waals surface area contributed by atoms with Gasteiger partial charge in [-0.2, -0.15) is 5.10 Å². The van der Waals surface area contributed by atoms with E-state index in [0.717, 1.165) is 30.5 Å². The zero-order valence-electron chi connectivity index (χ0n) is 13.9. The predicted molar refractivity (Wildman–Crippen MR) is 90.3 cm³/mol. The molecule has 24 heavy (non-hydrogen) atoms. The van der Waals surface area contributed by atoms with Gasteiger partial charge in [0, 0.05) is 24.7 Å². The van der Waals surface area contributed by atoms with Gasteiger partial charge in [0.25, 0.3) is 0 Å². The summed E-state index contributed by atoms with van der Waals surface area (Å²) in [6, 6.07) is 9.66. The zero-order chi connectivity index (χ0) is 16.9. The molecule has 0 saturated carbocycles. The molecule has 0 aromatic heterocycles. The monoisotopic (exact) mass is 329 g/mol. The van der Waals surface area contributed by atoms with Crippen LogP contribution >= 0.6 is 0 Å². The Kier molecular flexibility index (Phi) is 5.13. The number of carbonyl (C=O) groups excluding carboxylic acids is 2. The highest BCUT2D eigenvalue weighted by Crippen LogP contribution is 2.29. The fourth-order valence-electron chi connectivity index (χ4n) is 3.37. The van der Waals surface area contributed by atoms with Crippen molar-refractivity contribution in [2.24, 2.45) is 16.9 Å². The lowest BCUT2D eigenvalue weighted by Crippen LogP contribution is -2.44. The first-order valence-electron chi connectivity index (χ1n) is 8.42. The van der Waals surface area contributed by atoms with E-state index in [4.69, 9.17) is 4.74 Å². The van der Waals surface area contributed by atoms with E-state index >= 15 is 0 Å². The minimum atomic E-state index is -0.275. The van der Waals surface area contributed by atoms with E-state index in [1.54, 1.807) is 4.90 Å². The number of nitrogens with zero attached hydrogens (tertiary/aromatic N) is 2. The topological polar surface area (TPSA) is 71.0 Å². The van der Waals surface area contributed by atoms with Crippen LogP contribution in [0, 0.1) is 11.8 Å². The molecule has 1 atom stereocenters. The van der Waals surface area contributed by atoms with E-state index in [9.17, 15) is 9.59 Å². The number of amides is 2. The summed E-state index contributed by atoms with van der Waals surface area (Å²) in [6.45, 7) is 3.50. The van der Waals surface area contributed by atoms with Crippen LogP contribution < -0.4 is 5.43 Å². The molecule has 1 aromatic rings. The van der Waals surface area contributed by atoms with Crippen molar-refractivity contribution in [1.29, 1.82) is 0 Å². The van der Waals surface area contributed by atoms with Crippen molar-refractivity contribution >= 4 is 17.7 Å². The van der Waals surface area contributed by atoms with Gasteiger partial charge in [-0.05, 0) is 37.7 Å². The number of piperidine rings is 1. The summed E-state index contributed by atoms with van der Waals surface area (Å²) in [6.07, 6.45) is 2.09. The first-order valence-corrected chi connectivity index (χ1v) is 8.42. The van der Waals surface area contributed by atoms with Gasteiger partial charge in [-0.1, -0.05) is 30.3 Å². The maximum absolute atomic E-state index is 12.2. The van der Waals surface area contributed by atoms with Gasteiger partial charge in [0.05, 0.1) is 0 Å². The van der Waals surface area contributed by atoms with Crippen LogP contribution in [0.3, 0.4) is 0 Å². The SMILES string of the molecule is CC1=NNC(=O)C(C2CCN(C(=O)OCc3ccccc3)CC2)C1. The summed E-state index contributed by atoms with van der Waals surface area (Å²) in [5, 5.41) is 3.98. The molecule has 1 fully saturated rings. The minimum absolute atomic E-state index is 0.00528. The van der Waals surface area contributed by atoms with Gasteiger partial charge in [0.1, 0.15) is 6.61 Å². The number of hydrogen-bond acceptors (Lipinski definition) is 4. The Labute approximate surface area is 141 Å². The van der Waals surface area contributed by atoms with Gasteiger partial charge in [-0.3, -0.25) is 4.79 Å². The largest absolute Gasteiger partial charge is 0.445 e. The Morgan fingerprint density at radius 3 is 2.71 bits per heavy atom. The Morgan fingerprint density at radius 1 is 1.29 bits per heavy atom. The van der Waals surface area contributed by atoms with Crippen LogP contribution in [-0.4, -0.2) is 35.7 Å². The second-order valence-corrected chi connectivity index (χ2v) is 6.50. The van der Waals surface area contributed by atoms with E-state index in [-0.39, 0.29) is 17.9 Å². The fourth-order valence-corrected chi connectivity index (χ4v) is 3.37. The molecule has 2 heterocycles. The zero-order valence-corrected chi connectivity index (χ0v) is 13.9. The Morgan fingerprint density at radius 2 is 2.00 bits per heavy atom. The van der Waals surface area contributed by atoms with Crippen molar-refractivity contribution in [1.82, 2.24) is 10.3 Å². The third-order valence-electron chi connectivity index (χ3n) is 4.78. The first-order chi connectivity index (χ1) is 11.6. The lowest BCUT2D eigenvalue weighted by molar-refractivity contribution is -0.127. The Bertz CT molecular complexity index is 622. The van der Waals surface area contributed by atoms with Crippen molar-refractivity contribution in [2.45, 2.75) is 32.8 Å². The second kappa shape index (κ2) is 7.47. The average molecular weight is 329 g/mol. The van der Waals surface area contributed by atoms with Gasteiger partial charge in [-0.15, -0.1) is 0 Å². The number of hydrazone groups is 1. The number of ether oxygens (including phenoxy) is 1. The van der Waals surface area contributed by atoms with Crippen LogP contribution in [0.5, 0.6) is 0 Å². The number of carbonyl (C=O) groups is 2. The van der Waals surface area contributed by atoms with Crippen LogP contribution in [0.4, 0.5) is 4.79 Å². The van der Waals surface area contributed by atoms with Crippen LogP contribution in [0.2, 0.25) is 0 Å². The molecule has 1 unspecified atom stereocenters. The summed E-state index contributed by atoms with van der Waals surface area (Å²) in [5.74, 6) is 0.282. The molecule has 2 amide bonds. The summed E-state index contributed by atoms with van der Waals surface area (Å²) in [7, 11) is 0. The molecule has 6 nitrogen and oxygen atoms in total. The molecule has 3 rings (SSSR count). The van der Waals surface area contributed by atoms with Gasteiger partial charge in [-0.25, -0.2) is 10.2 Å². The Hall–Kier alpha value is -2.37. The number of likely N-dealkylation sites (tertiary alicyclic amines) is 1. The lowest BCUT2D eigenvalue weighted by Gasteiger charge is -2.35. The highest BCUT2D eigenvalue weighted by molar-refractivity contribution is 5.92. The van der Waals surface area contributed by atoms with E-state index in [2.05, 4.69) is 10.5 Å². The van der Waals surface area contributed by atoms with Gasteiger partial charge < -0.3 is 9.64 Å². The summed E-state index contributed by atoms with van der Waals surface area (Å²) >= 11 is 0. The van der Waals surface area contributed by atoms with Crippen molar-refractivity contribution < 1.29 is 14.3 Å². The molecule has 1 N–H and O–H groups in total. The molecule has 0 bridgehead atoms. The molecule has 2 aliphatic heterocycles. The third-order valence-corrected chi connectivity index (χ3v) is 4.78. The average Bonchev–Trinajstić information content (AvgIpc) is 2.63. The van der Waals surface area contributed by atoms with Crippen molar-refractivity contribution in [3.63, 3.8) is 0 Å². The number of rotatable bonds is 3. The van der Waals surface area contributed by atoms with E-state index in [0.29, 0.717) is 25.6 Å². The first kappa shape index (κ1) is 16.5. The third kappa shape index (κ3) is 3.93. The molecular weight excluding hydrogens is 306 g/mol. The predicted octanol–water partition coefficient (Wildman–Crippen LogP) is 2.55. The maximum Gasteiger partial charge on any atom is 0.410 e. The molecule has 0 spiro atoms. The second-order valence-electron chi connectivity index (χ2n) is 6.50. The van der Waals surface area contributed by atoms with E-state index in [1.807, 2.05) is 37.3 Å².